The minimum atomic E-state index is -2.88. The Morgan fingerprint density at radius 2 is 1.95 bits per heavy atom. The quantitative estimate of drug-likeness (QED) is 0.643. The van der Waals surface area contributed by atoms with Crippen LogP contribution in [0.3, 0.4) is 0 Å². The summed E-state index contributed by atoms with van der Waals surface area (Å²) in [7, 11) is 0. The SMILES string of the molecule is NNC(c1cccnc1)c1ccccc1OC(F)F. The molecule has 0 radical (unpaired) electrons. The second-order valence-corrected chi connectivity index (χ2v) is 3.80. The van der Waals surface area contributed by atoms with E-state index in [9.17, 15) is 8.78 Å². The van der Waals surface area contributed by atoms with Crippen molar-refractivity contribution in [2.75, 3.05) is 0 Å². The molecular formula is C13H13F2N3O. The maximum atomic E-state index is 12.4. The summed E-state index contributed by atoms with van der Waals surface area (Å²) in [4.78, 5) is 3.99. The summed E-state index contributed by atoms with van der Waals surface area (Å²) in [6.07, 6.45) is 3.24. The van der Waals surface area contributed by atoms with Crippen molar-refractivity contribution in [3.8, 4) is 5.75 Å². The molecule has 4 nitrogen and oxygen atoms in total. The Hall–Kier alpha value is -2.05. The number of aromatic nitrogens is 1. The predicted octanol–water partition coefficient (Wildman–Crippen LogP) is 2.24. The van der Waals surface area contributed by atoms with Gasteiger partial charge in [0.1, 0.15) is 5.75 Å². The van der Waals surface area contributed by atoms with E-state index in [0.29, 0.717) is 5.56 Å². The lowest BCUT2D eigenvalue weighted by molar-refractivity contribution is -0.0506. The number of para-hydroxylation sites is 1. The third-order valence-corrected chi connectivity index (χ3v) is 2.63. The molecule has 0 fully saturated rings. The molecule has 1 aromatic heterocycles. The fraction of sp³-hybridized carbons (Fsp3) is 0.154. The molecule has 100 valence electrons. The Kier molecular flexibility index (Phi) is 4.38. The first kappa shape index (κ1) is 13.4. The molecule has 0 aliphatic heterocycles. The Bertz CT molecular complexity index is 522. The van der Waals surface area contributed by atoms with E-state index in [2.05, 4.69) is 15.1 Å². The number of nitrogens with zero attached hydrogens (tertiary/aromatic N) is 1. The average Bonchev–Trinajstić information content (AvgIpc) is 2.42. The molecule has 6 heteroatoms. The first-order chi connectivity index (χ1) is 9.22. The zero-order valence-electron chi connectivity index (χ0n) is 9.96. The molecule has 0 spiro atoms. The van der Waals surface area contributed by atoms with Gasteiger partial charge in [0, 0.05) is 18.0 Å². The summed E-state index contributed by atoms with van der Waals surface area (Å²) in [5.74, 6) is 5.60. The molecule has 0 saturated heterocycles. The van der Waals surface area contributed by atoms with Crippen LogP contribution >= 0.6 is 0 Å². The van der Waals surface area contributed by atoms with Crippen molar-refractivity contribution in [1.29, 1.82) is 0 Å². The highest BCUT2D eigenvalue weighted by Gasteiger charge is 2.18. The number of nitrogens with one attached hydrogen (secondary N) is 1. The first-order valence-corrected chi connectivity index (χ1v) is 5.62. The van der Waals surface area contributed by atoms with E-state index in [1.807, 2.05) is 0 Å². The van der Waals surface area contributed by atoms with Crippen LogP contribution in [0.25, 0.3) is 0 Å². The third kappa shape index (κ3) is 3.24. The number of benzene rings is 1. The number of ether oxygens (including phenoxy) is 1. The molecule has 0 aliphatic rings. The van der Waals surface area contributed by atoms with Crippen LogP contribution in [0.4, 0.5) is 8.78 Å². The van der Waals surface area contributed by atoms with Crippen molar-refractivity contribution >= 4 is 0 Å². The van der Waals surface area contributed by atoms with Gasteiger partial charge < -0.3 is 4.74 Å². The van der Waals surface area contributed by atoms with Gasteiger partial charge in [0.2, 0.25) is 0 Å². The monoisotopic (exact) mass is 265 g/mol. The molecule has 3 N–H and O–H groups in total. The highest BCUT2D eigenvalue weighted by Crippen LogP contribution is 2.30. The summed E-state index contributed by atoms with van der Waals surface area (Å²) in [5.41, 5.74) is 3.87. The second kappa shape index (κ2) is 6.21. The Balaban J connectivity index is 2.38. The summed E-state index contributed by atoms with van der Waals surface area (Å²) in [6, 6.07) is 9.58. The van der Waals surface area contributed by atoms with Crippen LogP contribution in [0.1, 0.15) is 17.2 Å². The van der Waals surface area contributed by atoms with Crippen LogP contribution in [-0.2, 0) is 0 Å². The van der Waals surface area contributed by atoms with Gasteiger partial charge in [-0.05, 0) is 17.7 Å². The van der Waals surface area contributed by atoms with Crippen molar-refractivity contribution in [1.82, 2.24) is 10.4 Å². The van der Waals surface area contributed by atoms with Crippen LogP contribution in [0.5, 0.6) is 5.75 Å². The number of hydrazine groups is 1. The van der Waals surface area contributed by atoms with Crippen LogP contribution < -0.4 is 16.0 Å². The molecule has 1 unspecified atom stereocenters. The van der Waals surface area contributed by atoms with Crippen LogP contribution in [-0.4, -0.2) is 11.6 Å². The summed E-state index contributed by atoms with van der Waals surface area (Å²) in [5, 5.41) is 0. The second-order valence-electron chi connectivity index (χ2n) is 3.80. The average molecular weight is 265 g/mol. The molecule has 2 rings (SSSR count). The molecule has 1 atom stereocenters. The fourth-order valence-electron chi connectivity index (χ4n) is 1.83. The van der Waals surface area contributed by atoms with Gasteiger partial charge in [-0.15, -0.1) is 0 Å². The highest BCUT2D eigenvalue weighted by molar-refractivity contribution is 5.40. The summed E-state index contributed by atoms with van der Waals surface area (Å²) >= 11 is 0. The summed E-state index contributed by atoms with van der Waals surface area (Å²) < 4.78 is 29.3. The van der Waals surface area contributed by atoms with Crippen molar-refractivity contribution in [3.63, 3.8) is 0 Å². The number of rotatable bonds is 5. The van der Waals surface area contributed by atoms with Crippen molar-refractivity contribution in [2.24, 2.45) is 5.84 Å². The van der Waals surface area contributed by atoms with Gasteiger partial charge in [0.25, 0.3) is 0 Å². The molecular weight excluding hydrogens is 252 g/mol. The minimum Gasteiger partial charge on any atom is -0.434 e. The van der Waals surface area contributed by atoms with Gasteiger partial charge >= 0.3 is 6.61 Å². The van der Waals surface area contributed by atoms with Crippen molar-refractivity contribution < 1.29 is 13.5 Å². The van der Waals surface area contributed by atoms with Crippen LogP contribution in [0, 0.1) is 0 Å². The standard InChI is InChI=1S/C13H13F2N3O/c14-13(15)19-11-6-2-1-5-10(11)12(18-16)9-4-3-7-17-8-9/h1-8,12-13,18H,16H2. The Labute approximate surface area is 109 Å². The fourth-order valence-corrected chi connectivity index (χ4v) is 1.83. The molecule has 0 aliphatic carbocycles. The Morgan fingerprint density at radius 1 is 1.16 bits per heavy atom. The maximum absolute atomic E-state index is 12.4. The topological polar surface area (TPSA) is 60.2 Å². The molecule has 0 amide bonds. The van der Waals surface area contributed by atoms with E-state index in [4.69, 9.17) is 5.84 Å². The number of hydrogen-bond acceptors (Lipinski definition) is 4. The van der Waals surface area contributed by atoms with Gasteiger partial charge in [-0.1, -0.05) is 24.3 Å². The molecule has 0 saturated carbocycles. The van der Waals surface area contributed by atoms with Gasteiger partial charge in [0.05, 0.1) is 6.04 Å². The summed E-state index contributed by atoms with van der Waals surface area (Å²) in [6.45, 7) is -2.88. The van der Waals surface area contributed by atoms with Crippen LogP contribution in [0.2, 0.25) is 0 Å². The zero-order valence-corrected chi connectivity index (χ0v) is 9.96. The number of nitrogens with two attached hydrogens (primary N) is 1. The zero-order chi connectivity index (χ0) is 13.7. The Morgan fingerprint density at radius 3 is 2.58 bits per heavy atom. The lowest BCUT2D eigenvalue weighted by Crippen LogP contribution is -2.29. The molecule has 19 heavy (non-hydrogen) atoms. The van der Waals surface area contributed by atoms with Gasteiger partial charge in [-0.3, -0.25) is 10.8 Å². The van der Waals surface area contributed by atoms with Gasteiger partial charge in [-0.2, -0.15) is 8.78 Å². The van der Waals surface area contributed by atoms with Gasteiger partial charge in [-0.25, -0.2) is 5.43 Å². The predicted molar refractivity (Wildman–Crippen MR) is 66.5 cm³/mol. The molecule has 1 aromatic carbocycles. The van der Waals surface area contributed by atoms with E-state index in [0.717, 1.165) is 5.56 Å². The maximum Gasteiger partial charge on any atom is 0.387 e. The molecule has 2 aromatic rings. The number of pyridine rings is 1. The van der Waals surface area contributed by atoms with Gasteiger partial charge in [0.15, 0.2) is 0 Å². The van der Waals surface area contributed by atoms with E-state index in [-0.39, 0.29) is 5.75 Å². The minimum absolute atomic E-state index is 0.0873. The number of hydrogen-bond donors (Lipinski definition) is 2. The smallest absolute Gasteiger partial charge is 0.387 e. The third-order valence-electron chi connectivity index (χ3n) is 2.63. The normalized spacial score (nSPS) is 12.4. The number of alkyl halides is 2. The first-order valence-electron chi connectivity index (χ1n) is 5.62. The highest BCUT2D eigenvalue weighted by atomic mass is 19.3. The molecule has 1 heterocycles. The van der Waals surface area contributed by atoms with Crippen molar-refractivity contribution in [3.05, 3.63) is 59.9 Å². The molecule has 0 bridgehead atoms. The largest absolute Gasteiger partial charge is 0.434 e. The van der Waals surface area contributed by atoms with E-state index in [1.165, 1.54) is 6.07 Å². The van der Waals surface area contributed by atoms with E-state index >= 15 is 0 Å². The number of halogens is 2. The van der Waals surface area contributed by atoms with Crippen molar-refractivity contribution in [2.45, 2.75) is 12.7 Å². The lowest BCUT2D eigenvalue weighted by atomic mass is 10.00. The van der Waals surface area contributed by atoms with Crippen LogP contribution in [0.15, 0.2) is 48.8 Å². The van der Waals surface area contributed by atoms with E-state index < -0.39 is 12.7 Å². The van der Waals surface area contributed by atoms with E-state index in [1.54, 1.807) is 42.7 Å². The lowest BCUT2D eigenvalue weighted by Gasteiger charge is -2.19.